The van der Waals surface area contributed by atoms with Crippen LogP contribution in [0.2, 0.25) is 0 Å². The van der Waals surface area contributed by atoms with Gasteiger partial charge in [-0.15, -0.1) is 10.2 Å². The minimum atomic E-state index is 0.161. The number of phenols is 1. The van der Waals surface area contributed by atoms with Crippen LogP contribution < -0.4 is 15.5 Å². The zero-order valence-corrected chi connectivity index (χ0v) is 23.5. The van der Waals surface area contributed by atoms with Crippen molar-refractivity contribution in [1.29, 1.82) is 0 Å². The molecule has 1 atom stereocenters. The van der Waals surface area contributed by atoms with Crippen LogP contribution in [0.1, 0.15) is 32.0 Å². The van der Waals surface area contributed by atoms with E-state index >= 15 is 0 Å². The largest absolute Gasteiger partial charge is 0.507 e. The smallest absolute Gasteiger partial charge is 0.206 e. The molecule has 3 heterocycles. The minimum absolute atomic E-state index is 0.161. The summed E-state index contributed by atoms with van der Waals surface area (Å²) in [5, 5.41) is 18.7. The highest BCUT2D eigenvalue weighted by Crippen LogP contribution is 2.32. The minimum Gasteiger partial charge on any atom is -0.507 e. The van der Waals surface area contributed by atoms with Gasteiger partial charge >= 0.3 is 0 Å². The third-order valence-electron chi connectivity index (χ3n) is 7.89. The lowest BCUT2D eigenvalue weighted by Crippen LogP contribution is -2.42. The van der Waals surface area contributed by atoms with Gasteiger partial charge in [0.2, 0.25) is 5.82 Å². The van der Waals surface area contributed by atoms with Crippen LogP contribution in [0.4, 0.5) is 17.3 Å². The summed E-state index contributed by atoms with van der Waals surface area (Å²) in [5.41, 5.74) is 8.29. The van der Waals surface area contributed by atoms with Crippen LogP contribution in [0.15, 0.2) is 42.6 Å². The third kappa shape index (κ3) is 6.43. The molecule has 2 fully saturated rings. The molecule has 5 rings (SSSR count). The van der Waals surface area contributed by atoms with E-state index in [0.717, 1.165) is 44.2 Å². The van der Waals surface area contributed by atoms with Crippen LogP contribution in [-0.2, 0) is 4.74 Å². The topological polar surface area (TPSA) is 117 Å². The molecule has 0 amide bonds. The molecule has 2 aromatic heterocycles. The number of benzene rings is 1. The Labute approximate surface area is 236 Å². The van der Waals surface area contributed by atoms with E-state index in [4.69, 9.17) is 15.5 Å². The summed E-state index contributed by atoms with van der Waals surface area (Å²) in [6, 6.07) is 11.9. The Morgan fingerprint density at radius 1 is 1.12 bits per heavy atom. The first-order valence-corrected chi connectivity index (χ1v) is 13.9. The molecule has 1 saturated carbocycles. The molecule has 2 aliphatic rings. The van der Waals surface area contributed by atoms with Crippen molar-refractivity contribution >= 4 is 17.3 Å². The van der Waals surface area contributed by atoms with E-state index in [1.54, 1.807) is 18.3 Å². The highest BCUT2D eigenvalue weighted by Gasteiger charge is 2.30. The van der Waals surface area contributed by atoms with Crippen LogP contribution in [0.25, 0.3) is 11.3 Å². The van der Waals surface area contributed by atoms with E-state index < -0.39 is 0 Å². The monoisotopic (exact) mass is 542 g/mol. The summed E-state index contributed by atoms with van der Waals surface area (Å²) in [6.07, 6.45) is 5.06. The second-order valence-electron chi connectivity index (χ2n) is 10.8. The quantitative estimate of drug-likeness (QED) is 0.341. The molecule has 10 heteroatoms. The number of phenolic OH excluding ortho intramolecular Hbond substituents is 1. The van der Waals surface area contributed by atoms with E-state index in [0.29, 0.717) is 41.5 Å². The van der Waals surface area contributed by atoms with Gasteiger partial charge in [-0.3, -0.25) is 0 Å². The average molecular weight is 543 g/mol. The summed E-state index contributed by atoms with van der Waals surface area (Å²) in [7, 11) is 4.26. The molecule has 0 bridgehead atoms. The molecule has 0 spiro atoms. The van der Waals surface area contributed by atoms with Crippen molar-refractivity contribution in [2.45, 2.75) is 38.3 Å². The molecule has 1 aliphatic carbocycles. The van der Waals surface area contributed by atoms with Crippen LogP contribution in [0, 0.1) is 17.8 Å². The summed E-state index contributed by atoms with van der Waals surface area (Å²) in [4.78, 5) is 15.9. The molecule has 3 aromatic rings. The lowest BCUT2D eigenvalue weighted by molar-refractivity contribution is 0.0413. The first-order chi connectivity index (χ1) is 19.4. The van der Waals surface area contributed by atoms with Gasteiger partial charge in [0, 0.05) is 43.5 Å². The van der Waals surface area contributed by atoms with Gasteiger partial charge in [0.05, 0.1) is 18.0 Å². The highest BCUT2D eigenvalue weighted by atomic mass is 16.5. The zero-order valence-electron chi connectivity index (χ0n) is 23.5. The Morgan fingerprint density at radius 2 is 1.95 bits per heavy atom. The molecule has 10 nitrogen and oxygen atoms in total. The Morgan fingerprint density at radius 3 is 2.75 bits per heavy atom. The van der Waals surface area contributed by atoms with E-state index in [-0.39, 0.29) is 11.8 Å². The van der Waals surface area contributed by atoms with Gasteiger partial charge in [-0.2, -0.15) is 0 Å². The van der Waals surface area contributed by atoms with Crippen molar-refractivity contribution in [3.8, 4) is 28.8 Å². The molecule has 1 aromatic carbocycles. The first-order valence-electron chi connectivity index (χ1n) is 13.9. The molecule has 40 heavy (non-hydrogen) atoms. The SMILES string of the molecule is C[C@@H]1CCN(c2cc(-c3ccccc3O)nnc2N)CCN1c1ccnc(C#CCOCC2CC(N(C)C)C2)n1. The van der Waals surface area contributed by atoms with Gasteiger partial charge in [0.15, 0.2) is 5.82 Å². The fraction of sp³-hybridized carbons (Fsp3) is 0.467. The maximum Gasteiger partial charge on any atom is 0.206 e. The van der Waals surface area contributed by atoms with Crippen LogP contribution in [-0.4, -0.2) is 89.2 Å². The van der Waals surface area contributed by atoms with Crippen molar-refractivity contribution in [1.82, 2.24) is 25.1 Å². The second kappa shape index (κ2) is 12.5. The molecule has 3 N–H and O–H groups in total. The number of anilines is 3. The maximum atomic E-state index is 10.3. The Hall–Kier alpha value is -3.94. The van der Waals surface area contributed by atoms with Crippen molar-refractivity contribution < 1.29 is 9.84 Å². The van der Waals surface area contributed by atoms with E-state index in [9.17, 15) is 5.11 Å². The molecule has 0 unspecified atom stereocenters. The van der Waals surface area contributed by atoms with Crippen molar-refractivity contribution in [3.63, 3.8) is 0 Å². The number of para-hydroxylation sites is 1. The van der Waals surface area contributed by atoms with Crippen molar-refractivity contribution in [2.24, 2.45) is 5.92 Å². The fourth-order valence-electron chi connectivity index (χ4n) is 5.33. The molecule has 1 aliphatic heterocycles. The predicted octanol–water partition coefficient (Wildman–Crippen LogP) is 3.03. The molecule has 1 saturated heterocycles. The molecular formula is C30H38N8O2. The predicted molar refractivity (Wildman–Crippen MR) is 157 cm³/mol. The van der Waals surface area contributed by atoms with E-state index in [2.05, 4.69) is 62.7 Å². The van der Waals surface area contributed by atoms with Gasteiger partial charge < -0.3 is 30.3 Å². The first kappa shape index (κ1) is 27.6. The Balaban J connectivity index is 1.21. The Bertz CT molecular complexity index is 1370. The maximum absolute atomic E-state index is 10.3. The van der Waals surface area contributed by atoms with Gasteiger partial charge in [-0.25, -0.2) is 9.97 Å². The van der Waals surface area contributed by atoms with E-state index in [1.165, 1.54) is 12.8 Å². The number of rotatable bonds is 7. The van der Waals surface area contributed by atoms with Gasteiger partial charge in [-0.05, 0) is 76.4 Å². The summed E-state index contributed by atoms with van der Waals surface area (Å²) < 4.78 is 5.78. The summed E-state index contributed by atoms with van der Waals surface area (Å²) in [5.74, 6) is 8.66. The van der Waals surface area contributed by atoms with Crippen LogP contribution in [0.5, 0.6) is 5.75 Å². The van der Waals surface area contributed by atoms with E-state index in [1.807, 2.05) is 24.3 Å². The van der Waals surface area contributed by atoms with Gasteiger partial charge in [0.1, 0.15) is 18.2 Å². The second-order valence-corrected chi connectivity index (χ2v) is 10.8. The molecule has 210 valence electrons. The van der Waals surface area contributed by atoms with Crippen molar-refractivity contribution in [2.75, 3.05) is 62.5 Å². The number of nitrogens with two attached hydrogens (primary N) is 1. The fourth-order valence-corrected chi connectivity index (χ4v) is 5.33. The standard InChI is InChI=1S/C30H38N8O2/c1-21-11-13-37(26-19-25(34-35-30(26)31)24-7-4-5-8-27(24)39)14-15-38(21)29-10-12-32-28(33-29)9-6-16-40-20-22-17-23(18-22)36(2)3/h4-5,7-8,10,12,19,21-23,39H,11,13-18,20H2,1-3H3,(H2,31,35)/t21-,22?,23?/m1/s1. The van der Waals surface area contributed by atoms with Crippen LogP contribution in [0.3, 0.4) is 0 Å². The highest BCUT2D eigenvalue weighted by molar-refractivity contribution is 5.74. The number of aromatic hydroxyl groups is 1. The number of nitrogen functional groups attached to an aromatic ring is 1. The van der Waals surface area contributed by atoms with Gasteiger partial charge in [0.25, 0.3) is 0 Å². The zero-order chi connectivity index (χ0) is 28.1. The number of nitrogens with zero attached hydrogens (tertiary/aromatic N) is 7. The average Bonchev–Trinajstić information content (AvgIpc) is 3.11. The summed E-state index contributed by atoms with van der Waals surface area (Å²) in [6.45, 7) is 5.63. The number of hydrogen-bond donors (Lipinski definition) is 2. The number of aromatic nitrogens is 4. The van der Waals surface area contributed by atoms with Gasteiger partial charge in [-0.1, -0.05) is 18.1 Å². The number of ether oxygens (including phenoxy) is 1. The summed E-state index contributed by atoms with van der Waals surface area (Å²) >= 11 is 0. The third-order valence-corrected chi connectivity index (χ3v) is 7.89. The lowest BCUT2D eigenvalue weighted by atomic mass is 9.80. The molecule has 0 radical (unpaired) electrons. The lowest BCUT2D eigenvalue weighted by Gasteiger charge is -2.39. The molecular weight excluding hydrogens is 504 g/mol. The Kier molecular flexibility index (Phi) is 8.63. The number of hydrogen-bond acceptors (Lipinski definition) is 10. The van der Waals surface area contributed by atoms with Crippen LogP contribution >= 0.6 is 0 Å². The van der Waals surface area contributed by atoms with Crippen molar-refractivity contribution in [3.05, 3.63) is 48.4 Å². The normalized spacial score (nSPS) is 20.9.